The van der Waals surface area contributed by atoms with Gasteiger partial charge in [-0.1, -0.05) is 0 Å². The summed E-state index contributed by atoms with van der Waals surface area (Å²) in [7, 11) is -1.44. The highest BCUT2D eigenvalue weighted by Crippen LogP contribution is 2.18. The van der Waals surface area contributed by atoms with Crippen LogP contribution >= 0.6 is 0 Å². The normalized spacial score (nSPS) is 24.2. The number of nitrogens with one attached hydrogen (secondary N) is 1. The smallest absolute Gasteiger partial charge is 0.213 e. The Morgan fingerprint density at radius 2 is 2.05 bits per heavy atom. The van der Waals surface area contributed by atoms with E-state index in [0.29, 0.717) is 12.6 Å². The van der Waals surface area contributed by atoms with E-state index in [1.165, 1.54) is 17.1 Å². The van der Waals surface area contributed by atoms with Gasteiger partial charge in [0.05, 0.1) is 11.9 Å². The highest BCUT2D eigenvalue weighted by atomic mass is 32.2. The number of nitrogens with zero attached hydrogens (tertiary/aromatic N) is 1. The van der Waals surface area contributed by atoms with Crippen molar-refractivity contribution in [2.45, 2.75) is 50.7 Å². The molecule has 1 N–H and O–H groups in total. The summed E-state index contributed by atoms with van der Waals surface area (Å²) in [5.41, 5.74) is 0. The van der Waals surface area contributed by atoms with Crippen LogP contribution in [-0.4, -0.2) is 57.4 Å². The lowest BCUT2D eigenvalue weighted by Crippen LogP contribution is -2.35. The van der Waals surface area contributed by atoms with Crippen molar-refractivity contribution in [3.05, 3.63) is 0 Å². The summed E-state index contributed by atoms with van der Waals surface area (Å²) < 4.78 is 31.1. The van der Waals surface area contributed by atoms with Crippen LogP contribution in [0.15, 0.2) is 0 Å². The predicted molar refractivity (Wildman–Crippen MR) is 75.6 cm³/mol. The predicted octanol–water partition coefficient (Wildman–Crippen LogP) is 0.959. The fraction of sp³-hybridized carbons (Fsp3) is 1.00. The van der Waals surface area contributed by atoms with Gasteiger partial charge in [0.1, 0.15) is 0 Å². The molecular weight excluding hydrogens is 264 g/mol. The lowest BCUT2D eigenvalue weighted by molar-refractivity contribution is 0.0979. The maximum atomic E-state index is 12.1. The van der Waals surface area contributed by atoms with E-state index in [9.17, 15) is 8.42 Å². The van der Waals surface area contributed by atoms with Crippen LogP contribution in [0.5, 0.6) is 0 Å². The van der Waals surface area contributed by atoms with Crippen LogP contribution in [-0.2, 0) is 14.8 Å². The van der Waals surface area contributed by atoms with E-state index < -0.39 is 10.0 Å². The van der Waals surface area contributed by atoms with Gasteiger partial charge in [-0.15, -0.1) is 0 Å². The third-order valence-electron chi connectivity index (χ3n) is 3.80. The lowest BCUT2D eigenvalue weighted by Gasteiger charge is -2.20. The Hall–Kier alpha value is -0.170. The third-order valence-corrected chi connectivity index (χ3v) is 5.70. The second-order valence-electron chi connectivity index (χ2n) is 5.67. The fourth-order valence-electron chi connectivity index (χ4n) is 2.35. The zero-order valence-corrected chi connectivity index (χ0v) is 12.6. The minimum Gasteiger partial charge on any atom is -0.377 e. The molecule has 6 heteroatoms. The zero-order chi connectivity index (χ0) is 13.7. The van der Waals surface area contributed by atoms with E-state index in [1.807, 2.05) is 0 Å². The van der Waals surface area contributed by atoms with Crippen LogP contribution in [0, 0.1) is 0 Å². The molecule has 0 aromatic carbocycles. The first-order chi connectivity index (χ1) is 9.08. The molecule has 0 amide bonds. The molecule has 0 aromatic heterocycles. The van der Waals surface area contributed by atoms with Gasteiger partial charge in [-0.2, -0.15) is 0 Å². The molecule has 0 radical (unpaired) electrons. The van der Waals surface area contributed by atoms with E-state index in [2.05, 4.69) is 5.32 Å². The monoisotopic (exact) mass is 290 g/mol. The van der Waals surface area contributed by atoms with Crippen molar-refractivity contribution >= 4 is 10.0 Å². The number of sulfonamides is 1. The first kappa shape index (κ1) is 15.2. The van der Waals surface area contributed by atoms with Crippen LogP contribution in [0.2, 0.25) is 0 Å². The Kier molecular flexibility index (Phi) is 5.62. The largest absolute Gasteiger partial charge is 0.377 e. The summed E-state index contributed by atoms with van der Waals surface area (Å²) in [6.07, 6.45) is 6.35. The first-order valence-electron chi connectivity index (χ1n) is 7.37. The van der Waals surface area contributed by atoms with Crippen molar-refractivity contribution in [3.63, 3.8) is 0 Å². The van der Waals surface area contributed by atoms with Crippen LogP contribution in [0.3, 0.4) is 0 Å². The summed E-state index contributed by atoms with van der Waals surface area (Å²) in [5.74, 6) is 0.253. The molecule has 112 valence electrons. The molecule has 1 saturated heterocycles. The number of rotatable bonds is 9. The SMILES string of the molecule is CN(CC1CCCO1)S(=O)(=O)CCCCNC1CC1. The van der Waals surface area contributed by atoms with Crippen molar-refractivity contribution in [3.8, 4) is 0 Å². The summed E-state index contributed by atoms with van der Waals surface area (Å²) in [6, 6.07) is 0.707. The second kappa shape index (κ2) is 7.02. The quantitative estimate of drug-likeness (QED) is 0.643. The van der Waals surface area contributed by atoms with Crippen molar-refractivity contribution in [1.82, 2.24) is 9.62 Å². The van der Waals surface area contributed by atoms with Gasteiger partial charge >= 0.3 is 0 Å². The molecule has 2 rings (SSSR count). The molecule has 0 spiro atoms. The van der Waals surface area contributed by atoms with E-state index in [0.717, 1.165) is 38.8 Å². The van der Waals surface area contributed by atoms with Gasteiger partial charge in [-0.05, 0) is 45.1 Å². The van der Waals surface area contributed by atoms with Crippen LogP contribution in [0.4, 0.5) is 0 Å². The molecule has 5 nitrogen and oxygen atoms in total. The van der Waals surface area contributed by atoms with Gasteiger partial charge in [0.25, 0.3) is 0 Å². The Morgan fingerprint density at radius 1 is 1.26 bits per heavy atom. The minimum atomic E-state index is -3.11. The molecular formula is C13H26N2O3S. The topological polar surface area (TPSA) is 58.6 Å². The Bertz CT molecular complexity index is 362. The van der Waals surface area contributed by atoms with Crippen molar-refractivity contribution in [2.24, 2.45) is 0 Å². The summed E-state index contributed by atoms with van der Waals surface area (Å²) in [6.45, 7) is 2.21. The summed E-state index contributed by atoms with van der Waals surface area (Å²) in [5, 5.41) is 3.40. The number of unbranched alkanes of at least 4 members (excludes halogenated alkanes) is 1. The molecule has 0 aromatic rings. The molecule has 1 heterocycles. The number of hydrogen-bond donors (Lipinski definition) is 1. The molecule has 2 aliphatic rings. The van der Waals surface area contributed by atoms with Gasteiger partial charge in [0.15, 0.2) is 0 Å². The maximum absolute atomic E-state index is 12.1. The lowest BCUT2D eigenvalue weighted by atomic mass is 10.2. The zero-order valence-electron chi connectivity index (χ0n) is 11.8. The molecule has 1 aliphatic carbocycles. The average molecular weight is 290 g/mol. The summed E-state index contributed by atoms with van der Waals surface area (Å²) >= 11 is 0. The van der Waals surface area contributed by atoms with Crippen LogP contribution in [0.1, 0.15) is 38.5 Å². The number of likely N-dealkylation sites (N-methyl/N-ethyl adjacent to an activating group) is 1. The fourth-order valence-corrected chi connectivity index (χ4v) is 3.62. The van der Waals surface area contributed by atoms with Gasteiger partial charge in [0.2, 0.25) is 10.0 Å². The number of hydrogen-bond acceptors (Lipinski definition) is 4. The van der Waals surface area contributed by atoms with E-state index in [4.69, 9.17) is 4.74 Å². The Labute approximate surface area is 116 Å². The van der Waals surface area contributed by atoms with E-state index >= 15 is 0 Å². The second-order valence-corrected chi connectivity index (χ2v) is 7.86. The Morgan fingerprint density at radius 3 is 2.68 bits per heavy atom. The average Bonchev–Trinajstić information content (AvgIpc) is 3.04. The number of ether oxygens (including phenoxy) is 1. The van der Waals surface area contributed by atoms with Gasteiger partial charge in [0, 0.05) is 26.2 Å². The highest BCUT2D eigenvalue weighted by Gasteiger charge is 2.24. The summed E-state index contributed by atoms with van der Waals surface area (Å²) in [4.78, 5) is 0. The standard InChI is InChI=1S/C13H26N2O3S/c1-15(11-13-5-4-9-18-13)19(16,17)10-3-2-8-14-12-6-7-12/h12-14H,2-11H2,1H3. The van der Waals surface area contributed by atoms with Gasteiger partial charge in [-0.25, -0.2) is 12.7 Å². The van der Waals surface area contributed by atoms with Crippen LogP contribution in [0.25, 0.3) is 0 Å². The van der Waals surface area contributed by atoms with Gasteiger partial charge < -0.3 is 10.1 Å². The van der Waals surface area contributed by atoms with E-state index in [-0.39, 0.29) is 11.9 Å². The van der Waals surface area contributed by atoms with Crippen molar-refractivity contribution in [1.29, 1.82) is 0 Å². The molecule has 0 bridgehead atoms. The van der Waals surface area contributed by atoms with Crippen molar-refractivity contribution in [2.75, 3.05) is 32.5 Å². The molecule has 1 aliphatic heterocycles. The molecule has 1 unspecified atom stereocenters. The third kappa shape index (κ3) is 5.38. The first-order valence-corrected chi connectivity index (χ1v) is 8.98. The van der Waals surface area contributed by atoms with Gasteiger partial charge in [-0.3, -0.25) is 0 Å². The van der Waals surface area contributed by atoms with Crippen molar-refractivity contribution < 1.29 is 13.2 Å². The highest BCUT2D eigenvalue weighted by molar-refractivity contribution is 7.89. The van der Waals surface area contributed by atoms with E-state index in [1.54, 1.807) is 7.05 Å². The van der Waals surface area contributed by atoms with Crippen LogP contribution < -0.4 is 5.32 Å². The molecule has 1 saturated carbocycles. The Balaban J connectivity index is 1.61. The molecule has 1 atom stereocenters. The minimum absolute atomic E-state index is 0.0938. The molecule has 2 fully saturated rings. The molecule has 19 heavy (non-hydrogen) atoms. The maximum Gasteiger partial charge on any atom is 0.213 e.